The normalized spacial score (nSPS) is 12.3. The Bertz CT molecular complexity index is 999. The van der Waals surface area contributed by atoms with Crippen LogP contribution in [0.3, 0.4) is 0 Å². The molecule has 0 saturated heterocycles. The largest absolute Gasteiger partial charge is 0.772 e. The van der Waals surface area contributed by atoms with E-state index in [0.717, 1.165) is 5.56 Å². The molecule has 3 rings (SSSR count). The van der Waals surface area contributed by atoms with Crippen molar-refractivity contribution < 1.29 is 18.1 Å². The van der Waals surface area contributed by atoms with Crippen molar-refractivity contribution in [1.29, 1.82) is 0 Å². The Morgan fingerprint density at radius 1 is 1.36 bits per heavy atom. The molecule has 0 fully saturated rings. The second kappa shape index (κ2) is 6.61. The number of carbonyl (C=O) groups is 1. The number of anilines is 2. The second-order valence-electron chi connectivity index (χ2n) is 5.63. The quantitative estimate of drug-likeness (QED) is 0.666. The third-order valence-corrected chi connectivity index (χ3v) is 4.22. The van der Waals surface area contributed by atoms with Crippen LogP contribution in [0.1, 0.15) is 27.2 Å². The Morgan fingerprint density at radius 3 is 2.72 bits per heavy atom. The number of hydrogen-bond donors (Lipinski definition) is 2. The lowest BCUT2D eigenvalue weighted by Crippen LogP contribution is -2.14. The zero-order valence-electron chi connectivity index (χ0n) is 13.5. The Hall–Kier alpha value is -2.78. The monoisotopic (exact) mass is 359 g/mol. The van der Waals surface area contributed by atoms with Crippen LogP contribution in [0.4, 0.5) is 11.6 Å². The van der Waals surface area contributed by atoms with Gasteiger partial charge in [-0.1, -0.05) is 22.3 Å². The van der Waals surface area contributed by atoms with Crippen LogP contribution < -0.4 is 11.1 Å². The number of primary amides is 1. The summed E-state index contributed by atoms with van der Waals surface area (Å²) in [5.41, 5.74) is 8.68. The van der Waals surface area contributed by atoms with E-state index in [2.05, 4.69) is 15.5 Å². The number of hydrogen-bond acceptors (Lipinski definition) is 7. The molecule has 0 bridgehead atoms. The fourth-order valence-corrected chi connectivity index (χ4v) is 3.08. The summed E-state index contributed by atoms with van der Waals surface area (Å²) in [6, 6.07) is 5.08. The average Bonchev–Trinajstić information content (AvgIpc) is 2.92. The van der Waals surface area contributed by atoms with E-state index in [4.69, 9.17) is 10.3 Å². The smallest absolute Gasteiger partial charge is 0.252 e. The van der Waals surface area contributed by atoms with Crippen molar-refractivity contribution in [3.05, 3.63) is 46.8 Å². The van der Waals surface area contributed by atoms with Gasteiger partial charge in [0, 0.05) is 23.4 Å². The van der Waals surface area contributed by atoms with E-state index < -0.39 is 17.0 Å². The molecule has 130 valence electrons. The van der Waals surface area contributed by atoms with Crippen molar-refractivity contribution in [2.75, 3.05) is 5.32 Å². The van der Waals surface area contributed by atoms with Gasteiger partial charge in [0.25, 0.3) is 5.91 Å². The van der Waals surface area contributed by atoms with Crippen LogP contribution >= 0.6 is 0 Å². The van der Waals surface area contributed by atoms with Crippen molar-refractivity contribution in [2.45, 2.75) is 19.6 Å². The molecule has 0 radical (unpaired) electrons. The van der Waals surface area contributed by atoms with Gasteiger partial charge in [-0.2, -0.15) is 0 Å². The van der Waals surface area contributed by atoms with Gasteiger partial charge in [0.1, 0.15) is 0 Å². The molecule has 0 aliphatic rings. The molecule has 3 N–H and O–H groups in total. The van der Waals surface area contributed by atoms with Crippen LogP contribution in [0.15, 0.2) is 28.9 Å². The maximum Gasteiger partial charge on any atom is 0.252 e. The van der Waals surface area contributed by atoms with Gasteiger partial charge in [0.05, 0.1) is 22.5 Å². The van der Waals surface area contributed by atoms with Gasteiger partial charge < -0.3 is 20.1 Å². The van der Waals surface area contributed by atoms with Crippen LogP contribution in [0.5, 0.6) is 0 Å². The van der Waals surface area contributed by atoms with E-state index in [1.54, 1.807) is 25.1 Å². The summed E-state index contributed by atoms with van der Waals surface area (Å²) in [5, 5.41) is 7.37. The molecular formula is C16H15N4O4S-. The zero-order chi connectivity index (χ0) is 18.1. The summed E-state index contributed by atoms with van der Waals surface area (Å²) in [6.45, 7) is 3.58. The van der Waals surface area contributed by atoms with Gasteiger partial charge in [-0.3, -0.25) is 14.0 Å². The highest BCUT2D eigenvalue weighted by Crippen LogP contribution is 2.32. The fraction of sp³-hybridized carbons (Fsp3) is 0.188. The molecule has 0 saturated carbocycles. The van der Waals surface area contributed by atoms with Crippen molar-refractivity contribution in [3.63, 3.8) is 0 Å². The number of nitrogens with zero attached hydrogens (tertiary/aromatic N) is 2. The molecule has 0 aliphatic carbocycles. The molecule has 1 atom stereocenters. The van der Waals surface area contributed by atoms with Crippen LogP contribution in [-0.4, -0.2) is 24.8 Å². The van der Waals surface area contributed by atoms with E-state index >= 15 is 0 Å². The number of fused-ring (bicyclic) bond motifs is 1. The lowest BCUT2D eigenvalue weighted by Gasteiger charge is -2.14. The maximum absolute atomic E-state index is 11.8. The summed E-state index contributed by atoms with van der Waals surface area (Å²) in [6.07, 6.45) is 1.38. The summed E-state index contributed by atoms with van der Waals surface area (Å²) < 4.78 is 27.2. The molecule has 9 heteroatoms. The highest BCUT2D eigenvalue weighted by molar-refractivity contribution is 7.78. The van der Waals surface area contributed by atoms with Crippen molar-refractivity contribution in [1.82, 2.24) is 10.1 Å². The number of benzene rings is 1. The van der Waals surface area contributed by atoms with Crippen LogP contribution in [0.2, 0.25) is 0 Å². The average molecular weight is 359 g/mol. The van der Waals surface area contributed by atoms with Gasteiger partial charge in [-0.15, -0.1) is 0 Å². The topological polar surface area (TPSA) is 134 Å². The van der Waals surface area contributed by atoms with Crippen molar-refractivity contribution >= 4 is 39.5 Å². The predicted octanol–water partition coefficient (Wildman–Crippen LogP) is 2.06. The molecule has 1 unspecified atom stereocenters. The summed E-state index contributed by atoms with van der Waals surface area (Å²) in [5.74, 6) is -0.468. The van der Waals surface area contributed by atoms with E-state index in [0.29, 0.717) is 33.7 Å². The van der Waals surface area contributed by atoms with Gasteiger partial charge in [-0.25, -0.2) is 0 Å². The Labute approximate surface area is 145 Å². The first-order valence-electron chi connectivity index (χ1n) is 7.33. The van der Waals surface area contributed by atoms with Crippen molar-refractivity contribution in [2.24, 2.45) is 5.73 Å². The SMILES string of the molecule is Cc1cc(Nc2c(C(N)=O)cnc3c(C)cc(CS(=O)[O-])cc23)on1. The van der Waals surface area contributed by atoms with Crippen LogP contribution in [-0.2, 0) is 16.8 Å². The third kappa shape index (κ3) is 3.52. The Morgan fingerprint density at radius 2 is 2.12 bits per heavy atom. The molecule has 25 heavy (non-hydrogen) atoms. The number of rotatable bonds is 5. The first-order valence-corrected chi connectivity index (χ1v) is 8.58. The van der Waals surface area contributed by atoms with Gasteiger partial charge in [0.15, 0.2) is 0 Å². The lowest BCUT2D eigenvalue weighted by molar-refractivity contribution is 0.100. The molecular weight excluding hydrogens is 344 g/mol. The number of nitrogens with one attached hydrogen (secondary N) is 1. The first-order chi connectivity index (χ1) is 11.8. The Balaban J connectivity index is 2.24. The third-order valence-electron chi connectivity index (χ3n) is 3.65. The molecule has 0 spiro atoms. The first kappa shape index (κ1) is 17.1. The van der Waals surface area contributed by atoms with Crippen LogP contribution in [0, 0.1) is 13.8 Å². The molecule has 8 nitrogen and oxygen atoms in total. The zero-order valence-corrected chi connectivity index (χ0v) is 14.3. The van der Waals surface area contributed by atoms with E-state index in [-0.39, 0.29) is 11.3 Å². The maximum atomic E-state index is 11.8. The highest BCUT2D eigenvalue weighted by atomic mass is 32.2. The van der Waals surface area contributed by atoms with E-state index in [1.165, 1.54) is 6.20 Å². The van der Waals surface area contributed by atoms with Gasteiger partial charge in [-0.05, 0) is 31.0 Å². The van der Waals surface area contributed by atoms with E-state index in [9.17, 15) is 13.6 Å². The molecule has 1 amide bonds. The highest BCUT2D eigenvalue weighted by Gasteiger charge is 2.17. The van der Waals surface area contributed by atoms with Gasteiger partial charge >= 0.3 is 0 Å². The molecule has 2 heterocycles. The number of carbonyl (C=O) groups excluding carboxylic acids is 1. The molecule has 3 aromatic rings. The minimum atomic E-state index is -2.23. The molecule has 0 aliphatic heterocycles. The minimum Gasteiger partial charge on any atom is -0.772 e. The minimum absolute atomic E-state index is 0.140. The number of nitrogens with two attached hydrogens (primary N) is 1. The number of aryl methyl sites for hydroxylation is 2. The number of aromatic nitrogens is 2. The van der Waals surface area contributed by atoms with E-state index in [1.807, 2.05) is 6.92 Å². The molecule has 2 aromatic heterocycles. The summed E-state index contributed by atoms with van der Waals surface area (Å²) in [4.78, 5) is 16.1. The second-order valence-corrected chi connectivity index (χ2v) is 6.52. The molecule has 1 aromatic carbocycles. The predicted molar refractivity (Wildman–Crippen MR) is 92.1 cm³/mol. The summed E-state index contributed by atoms with van der Waals surface area (Å²) >= 11 is -2.23. The number of pyridine rings is 1. The summed E-state index contributed by atoms with van der Waals surface area (Å²) in [7, 11) is 0. The number of amides is 1. The van der Waals surface area contributed by atoms with Gasteiger partial charge in [0.2, 0.25) is 5.88 Å². The lowest BCUT2D eigenvalue weighted by atomic mass is 10.0. The standard InChI is InChI=1S/C16H16N4O4S/c1-8-3-10(7-25(22)23)5-11-14(8)18-6-12(16(17)21)15(11)19-13-4-9(2)20-24-13/h3-6H,7H2,1-2H3,(H2,17,21)(H,18,19)(H,22,23)/p-1. The van der Waals surface area contributed by atoms with Crippen molar-refractivity contribution in [3.8, 4) is 0 Å². The Kier molecular flexibility index (Phi) is 4.51. The van der Waals surface area contributed by atoms with Crippen LogP contribution in [0.25, 0.3) is 10.9 Å². The fourth-order valence-electron chi connectivity index (χ4n) is 2.64.